The molecule has 1 aliphatic rings. The summed E-state index contributed by atoms with van der Waals surface area (Å²) in [5, 5.41) is 1.96. The molecule has 1 atom stereocenters. The SMILES string of the molecule is Cc1ccc(/C=C/C(=O)N(Cc2cccs2)[C@@H]2CCS(=O)(=O)C2)cc1. The minimum atomic E-state index is -3.04. The highest BCUT2D eigenvalue weighted by molar-refractivity contribution is 7.91. The number of thiophene rings is 1. The summed E-state index contributed by atoms with van der Waals surface area (Å²) in [6.45, 7) is 2.47. The van der Waals surface area contributed by atoms with Crippen LogP contribution in [0.1, 0.15) is 22.4 Å². The van der Waals surface area contributed by atoms with E-state index in [1.54, 1.807) is 28.4 Å². The molecule has 0 radical (unpaired) electrons. The van der Waals surface area contributed by atoms with Gasteiger partial charge in [-0.1, -0.05) is 35.9 Å². The van der Waals surface area contributed by atoms with Crippen LogP contribution >= 0.6 is 11.3 Å². The average Bonchev–Trinajstić information content (AvgIpc) is 3.21. The highest BCUT2D eigenvalue weighted by Gasteiger charge is 2.34. The van der Waals surface area contributed by atoms with Crippen LogP contribution in [0.4, 0.5) is 0 Å². The first-order valence-electron chi connectivity index (χ1n) is 8.21. The summed E-state index contributed by atoms with van der Waals surface area (Å²) >= 11 is 1.58. The molecular weight excluding hydrogens is 354 g/mol. The maximum atomic E-state index is 12.8. The number of hydrogen-bond acceptors (Lipinski definition) is 4. The number of hydrogen-bond donors (Lipinski definition) is 0. The molecule has 1 saturated heterocycles. The van der Waals surface area contributed by atoms with Crippen LogP contribution in [0.5, 0.6) is 0 Å². The van der Waals surface area contributed by atoms with Crippen LogP contribution in [0.25, 0.3) is 6.08 Å². The van der Waals surface area contributed by atoms with Crippen LogP contribution < -0.4 is 0 Å². The highest BCUT2D eigenvalue weighted by Crippen LogP contribution is 2.22. The van der Waals surface area contributed by atoms with Gasteiger partial charge in [0, 0.05) is 17.0 Å². The van der Waals surface area contributed by atoms with Gasteiger partial charge < -0.3 is 4.90 Å². The van der Waals surface area contributed by atoms with Gasteiger partial charge in [0.1, 0.15) is 0 Å². The topological polar surface area (TPSA) is 54.5 Å². The zero-order valence-electron chi connectivity index (χ0n) is 14.1. The van der Waals surface area contributed by atoms with E-state index in [-0.39, 0.29) is 23.5 Å². The standard InChI is InChI=1S/C19H21NO3S2/c1-15-4-6-16(7-5-15)8-9-19(21)20(13-18-3-2-11-24-18)17-10-12-25(22,23)14-17/h2-9,11,17H,10,12-14H2,1H3/b9-8+/t17-/m1/s1. The molecule has 6 heteroatoms. The normalized spacial score (nSPS) is 19.3. The van der Waals surface area contributed by atoms with Gasteiger partial charge in [-0.3, -0.25) is 4.79 Å². The first-order chi connectivity index (χ1) is 11.9. The van der Waals surface area contributed by atoms with Crippen molar-refractivity contribution < 1.29 is 13.2 Å². The molecule has 132 valence electrons. The first-order valence-corrected chi connectivity index (χ1v) is 10.9. The third kappa shape index (κ3) is 4.80. The summed E-state index contributed by atoms with van der Waals surface area (Å²) in [6, 6.07) is 11.6. The Morgan fingerprint density at radius 1 is 1.28 bits per heavy atom. The maximum Gasteiger partial charge on any atom is 0.247 e. The first kappa shape index (κ1) is 17.9. The molecule has 1 aromatic heterocycles. The number of aryl methyl sites for hydroxylation is 1. The van der Waals surface area contributed by atoms with E-state index in [2.05, 4.69) is 0 Å². The Kier molecular flexibility index (Phi) is 5.39. The summed E-state index contributed by atoms with van der Waals surface area (Å²) in [5.74, 6) is 0.0758. The molecule has 4 nitrogen and oxygen atoms in total. The predicted octanol–water partition coefficient (Wildman–Crippen LogP) is 3.29. The van der Waals surface area contributed by atoms with Gasteiger partial charge >= 0.3 is 0 Å². The van der Waals surface area contributed by atoms with Crippen LogP contribution in [0, 0.1) is 6.92 Å². The summed E-state index contributed by atoms with van der Waals surface area (Å²) in [6.07, 6.45) is 3.84. The molecule has 1 aromatic carbocycles. The number of amides is 1. The molecule has 0 unspecified atom stereocenters. The number of nitrogens with zero attached hydrogens (tertiary/aromatic N) is 1. The van der Waals surface area contributed by atoms with E-state index in [0.717, 1.165) is 10.4 Å². The van der Waals surface area contributed by atoms with Gasteiger partial charge in [0.25, 0.3) is 0 Å². The van der Waals surface area contributed by atoms with Crippen LogP contribution in [0.2, 0.25) is 0 Å². The van der Waals surface area contributed by atoms with Crippen LogP contribution in [-0.2, 0) is 21.2 Å². The molecule has 2 heterocycles. The minimum Gasteiger partial charge on any atom is -0.330 e. The third-order valence-electron chi connectivity index (χ3n) is 4.33. The fourth-order valence-electron chi connectivity index (χ4n) is 2.92. The number of carbonyl (C=O) groups is 1. The molecule has 0 spiro atoms. The zero-order chi connectivity index (χ0) is 17.9. The van der Waals surface area contributed by atoms with Crippen molar-refractivity contribution in [3.8, 4) is 0 Å². The molecule has 1 amide bonds. The summed E-state index contributed by atoms with van der Waals surface area (Å²) in [4.78, 5) is 15.5. The lowest BCUT2D eigenvalue weighted by atomic mass is 10.1. The van der Waals surface area contributed by atoms with Crippen molar-refractivity contribution in [1.29, 1.82) is 0 Å². The lowest BCUT2D eigenvalue weighted by Gasteiger charge is -2.26. The smallest absolute Gasteiger partial charge is 0.247 e. The third-order valence-corrected chi connectivity index (χ3v) is 6.95. The molecule has 3 rings (SSSR count). The molecule has 0 saturated carbocycles. The molecule has 0 bridgehead atoms. The van der Waals surface area contributed by atoms with Gasteiger partial charge in [0.05, 0.1) is 18.1 Å². The van der Waals surface area contributed by atoms with Gasteiger partial charge in [0.2, 0.25) is 5.91 Å². The van der Waals surface area contributed by atoms with E-state index in [1.807, 2.05) is 48.7 Å². The average molecular weight is 376 g/mol. The zero-order valence-corrected chi connectivity index (χ0v) is 15.7. The number of carbonyl (C=O) groups excluding carboxylic acids is 1. The van der Waals surface area contributed by atoms with E-state index in [1.165, 1.54) is 5.56 Å². The Balaban J connectivity index is 1.78. The second-order valence-electron chi connectivity index (χ2n) is 6.35. The Bertz CT molecular complexity index is 853. The number of benzene rings is 1. The van der Waals surface area contributed by atoms with Gasteiger partial charge in [-0.2, -0.15) is 0 Å². The Labute approximate surface area is 152 Å². The lowest BCUT2D eigenvalue weighted by Crippen LogP contribution is -2.39. The van der Waals surface area contributed by atoms with Crippen molar-refractivity contribution in [1.82, 2.24) is 4.90 Å². The van der Waals surface area contributed by atoms with Gasteiger partial charge in [0.15, 0.2) is 9.84 Å². The fraction of sp³-hybridized carbons (Fsp3) is 0.316. The number of rotatable bonds is 5. The second-order valence-corrected chi connectivity index (χ2v) is 9.61. The number of sulfone groups is 1. The van der Waals surface area contributed by atoms with Crippen LogP contribution in [0.3, 0.4) is 0 Å². The van der Waals surface area contributed by atoms with E-state index in [0.29, 0.717) is 13.0 Å². The Morgan fingerprint density at radius 2 is 2.04 bits per heavy atom. The summed E-state index contributed by atoms with van der Waals surface area (Å²) in [5.41, 5.74) is 2.12. The van der Waals surface area contributed by atoms with Crippen molar-refractivity contribution in [2.45, 2.75) is 25.9 Å². The van der Waals surface area contributed by atoms with E-state index in [4.69, 9.17) is 0 Å². The Morgan fingerprint density at radius 3 is 2.64 bits per heavy atom. The van der Waals surface area contributed by atoms with Gasteiger partial charge in [-0.15, -0.1) is 11.3 Å². The molecule has 2 aromatic rings. The fourth-order valence-corrected chi connectivity index (χ4v) is 5.35. The van der Waals surface area contributed by atoms with E-state index >= 15 is 0 Å². The monoisotopic (exact) mass is 375 g/mol. The Hall–Kier alpha value is -1.92. The van der Waals surface area contributed by atoms with Crippen LogP contribution in [-0.4, -0.2) is 36.8 Å². The summed E-state index contributed by atoms with van der Waals surface area (Å²) in [7, 11) is -3.04. The minimum absolute atomic E-state index is 0.0580. The van der Waals surface area contributed by atoms with Crippen molar-refractivity contribution in [3.63, 3.8) is 0 Å². The van der Waals surface area contributed by atoms with E-state index in [9.17, 15) is 13.2 Å². The second kappa shape index (κ2) is 7.54. The molecule has 1 aliphatic heterocycles. The van der Waals surface area contributed by atoms with Crippen molar-refractivity contribution >= 4 is 33.2 Å². The lowest BCUT2D eigenvalue weighted by molar-refractivity contribution is -0.128. The van der Waals surface area contributed by atoms with Gasteiger partial charge in [-0.05, 0) is 36.4 Å². The van der Waals surface area contributed by atoms with E-state index < -0.39 is 9.84 Å². The molecule has 25 heavy (non-hydrogen) atoms. The highest BCUT2D eigenvalue weighted by atomic mass is 32.2. The predicted molar refractivity (Wildman–Crippen MR) is 102 cm³/mol. The molecule has 0 N–H and O–H groups in total. The van der Waals surface area contributed by atoms with Crippen LogP contribution in [0.15, 0.2) is 47.9 Å². The van der Waals surface area contributed by atoms with Crippen molar-refractivity contribution in [2.75, 3.05) is 11.5 Å². The van der Waals surface area contributed by atoms with Crippen molar-refractivity contribution in [2.24, 2.45) is 0 Å². The van der Waals surface area contributed by atoms with Gasteiger partial charge in [-0.25, -0.2) is 8.42 Å². The molecule has 0 aliphatic carbocycles. The van der Waals surface area contributed by atoms with Crippen molar-refractivity contribution in [3.05, 3.63) is 63.9 Å². The quantitative estimate of drug-likeness (QED) is 0.754. The summed E-state index contributed by atoms with van der Waals surface area (Å²) < 4.78 is 23.7. The molecule has 1 fully saturated rings. The molecular formula is C19H21NO3S2. The largest absolute Gasteiger partial charge is 0.330 e. The maximum absolute atomic E-state index is 12.8.